The molecule has 3 fully saturated rings. The third-order valence-corrected chi connectivity index (χ3v) is 6.98. The summed E-state index contributed by atoms with van der Waals surface area (Å²) in [5, 5.41) is 2.29. The van der Waals surface area contributed by atoms with Crippen molar-refractivity contribution in [3.63, 3.8) is 0 Å². The standard InChI is InChI=1S/C25H21NO3/c27-24-22-17-5-6-18(13-17)23(22)25(28)26(24)19-8-11-20(12-9-19)29-21-10-7-15-3-1-2-4-16(15)14-21/h1-4,7-12,14,17-18,22-23H,5-6,13H2/t17-,18+,22-,23+. The highest BCUT2D eigenvalue weighted by Crippen LogP contribution is 2.56. The summed E-state index contributed by atoms with van der Waals surface area (Å²) in [7, 11) is 0. The molecule has 1 heterocycles. The fraction of sp³-hybridized carbons (Fsp3) is 0.280. The number of hydrogen-bond acceptors (Lipinski definition) is 3. The minimum absolute atomic E-state index is 0.00426. The van der Waals surface area contributed by atoms with Crippen LogP contribution in [-0.2, 0) is 9.59 Å². The molecule has 2 aliphatic carbocycles. The quantitative estimate of drug-likeness (QED) is 0.587. The Labute approximate surface area is 169 Å². The maximum atomic E-state index is 13.0. The zero-order valence-electron chi connectivity index (χ0n) is 16.0. The van der Waals surface area contributed by atoms with Crippen molar-refractivity contribution in [2.24, 2.45) is 23.7 Å². The lowest BCUT2D eigenvalue weighted by molar-refractivity contribution is -0.123. The molecule has 4 nitrogen and oxygen atoms in total. The van der Waals surface area contributed by atoms with Gasteiger partial charge in [0.25, 0.3) is 0 Å². The van der Waals surface area contributed by atoms with E-state index in [0.29, 0.717) is 23.3 Å². The highest BCUT2D eigenvalue weighted by atomic mass is 16.5. The Morgan fingerprint density at radius 2 is 1.34 bits per heavy atom. The molecule has 0 N–H and O–H groups in total. The predicted octanol–water partition coefficient (Wildman–Crippen LogP) is 5.17. The van der Waals surface area contributed by atoms with Crippen LogP contribution in [0.4, 0.5) is 5.69 Å². The molecule has 144 valence electrons. The highest BCUT2D eigenvalue weighted by molar-refractivity contribution is 6.22. The van der Waals surface area contributed by atoms with Gasteiger partial charge < -0.3 is 4.74 Å². The summed E-state index contributed by atoms with van der Waals surface area (Å²) in [6.07, 6.45) is 3.24. The average molecular weight is 383 g/mol. The van der Waals surface area contributed by atoms with Crippen LogP contribution in [0.2, 0.25) is 0 Å². The van der Waals surface area contributed by atoms with Crippen LogP contribution in [-0.4, -0.2) is 11.8 Å². The normalized spacial score (nSPS) is 27.7. The lowest BCUT2D eigenvalue weighted by atomic mass is 9.81. The fourth-order valence-electron chi connectivity index (χ4n) is 5.69. The summed E-state index contributed by atoms with van der Waals surface area (Å²) in [6.45, 7) is 0. The number of ether oxygens (including phenoxy) is 1. The van der Waals surface area contributed by atoms with E-state index in [1.54, 1.807) is 0 Å². The van der Waals surface area contributed by atoms with Crippen LogP contribution >= 0.6 is 0 Å². The summed E-state index contributed by atoms with van der Waals surface area (Å²) < 4.78 is 5.99. The Kier molecular flexibility index (Phi) is 3.58. The monoisotopic (exact) mass is 383 g/mol. The van der Waals surface area contributed by atoms with Gasteiger partial charge in [-0.3, -0.25) is 14.5 Å². The van der Waals surface area contributed by atoms with Gasteiger partial charge in [0.2, 0.25) is 11.8 Å². The number of rotatable bonds is 3. The molecule has 2 bridgehead atoms. The molecule has 2 amide bonds. The topological polar surface area (TPSA) is 46.6 Å². The van der Waals surface area contributed by atoms with Crippen LogP contribution in [0, 0.1) is 23.7 Å². The van der Waals surface area contributed by atoms with Crippen molar-refractivity contribution in [1.29, 1.82) is 0 Å². The number of carbonyl (C=O) groups excluding carboxylic acids is 2. The molecule has 0 radical (unpaired) electrons. The molecule has 29 heavy (non-hydrogen) atoms. The van der Waals surface area contributed by atoms with Crippen LogP contribution < -0.4 is 9.64 Å². The maximum absolute atomic E-state index is 13.0. The molecular weight excluding hydrogens is 362 g/mol. The van der Waals surface area contributed by atoms with Gasteiger partial charge >= 0.3 is 0 Å². The minimum Gasteiger partial charge on any atom is -0.457 e. The van der Waals surface area contributed by atoms with Crippen LogP contribution in [0.5, 0.6) is 11.5 Å². The van der Waals surface area contributed by atoms with Crippen molar-refractivity contribution in [3.8, 4) is 11.5 Å². The van der Waals surface area contributed by atoms with E-state index < -0.39 is 0 Å². The molecule has 0 aromatic heterocycles. The van der Waals surface area contributed by atoms with Gasteiger partial charge in [0.1, 0.15) is 11.5 Å². The lowest BCUT2D eigenvalue weighted by Gasteiger charge is -2.19. The molecule has 6 rings (SSSR count). The Morgan fingerprint density at radius 3 is 2.03 bits per heavy atom. The largest absolute Gasteiger partial charge is 0.457 e. The predicted molar refractivity (Wildman–Crippen MR) is 111 cm³/mol. The number of hydrogen-bond donors (Lipinski definition) is 0. The molecule has 4 heteroatoms. The van der Waals surface area contributed by atoms with E-state index in [1.807, 2.05) is 54.6 Å². The van der Waals surface area contributed by atoms with E-state index in [4.69, 9.17) is 4.74 Å². The Hall–Kier alpha value is -3.14. The second-order valence-electron chi connectivity index (χ2n) is 8.50. The van der Waals surface area contributed by atoms with Crippen LogP contribution in [0.1, 0.15) is 19.3 Å². The summed E-state index contributed by atoms with van der Waals surface area (Å²) >= 11 is 0. The number of anilines is 1. The number of nitrogens with zero attached hydrogens (tertiary/aromatic N) is 1. The van der Waals surface area contributed by atoms with E-state index in [-0.39, 0.29) is 23.7 Å². The van der Waals surface area contributed by atoms with Crippen LogP contribution in [0.3, 0.4) is 0 Å². The van der Waals surface area contributed by atoms with Gasteiger partial charge in [-0.05, 0) is 78.3 Å². The zero-order chi connectivity index (χ0) is 19.5. The van der Waals surface area contributed by atoms with Crippen molar-refractivity contribution in [2.45, 2.75) is 19.3 Å². The van der Waals surface area contributed by atoms with Gasteiger partial charge in [0, 0.05) is 0 Å². The SMILES string of the molecule is O=C1[C@@H]2[C@@H]3CC[C@@H](C3)[C@@H]2C(=O)N1c1ccc(Oc2ccc3ccccc3c2)cc1. The highest BCUT2D eigenvalue weighted by Gasteiger charge is 2.61. The Balaban J connectivity index is 1.24. The first-order chi connectivity index (χ1) is 14.2. The fourth-order valence-corrected chi connectivity index (χ4v) is 5.69. The van der Waals surface area contributed by atoms with E-state index >= 15 is 0 Å². The van der Waals surface area contributed by atoms with Gasteiger partial charge in [-0.1, -0.05) is 30.3 Å². The number of carbonyl (C=O) groups is 2. The van der Waals surface area contributed by atoms with Gasteiger partial charge in [-0.25, -0.2) is 0 Å². The molecule has 1 saturated heterocycles. The molecule has 2 saturated carbocycles. The van der Waals surface area contributed by atoms with E-state index in [2.05, 4.69) is 12.1 Å². The third-order valence-electron chi connectivity index (χ3n) is 6.98. The van der Waals surface area contributed by atoms with Crippen molar-refractivity contribution in [3.05, 3.63) is 66.7 Å². The Morgan fingerprint density at radius 1 is 0.724 bits per heavy atom. The van der Waals surface area contributed by atoms with Crippen LogP contribution in [0.15, 0.2) is 66.7 Å². The number of amides is 2. The molecule has 3 aliphatic rings. The lowest BCUT2D eigenvalue weighted by Crippen LogP contribution is -2.32. The van der Waals surface area contributed by atoms with E-state index in [9.17, 15) is 9.59 Å². The number of fused-ring (bicyclic) bond motifs is 6. The van der Waals surface area contributed by atoms with Crippen molar-refractivity contribution >= 4 is 28.3 Å². The summed E-state index contributed by atoms with van der Waals surface area (Å²) in [4.78, 5) is 27.3. The van der Waals surface area contributed by atoms with Gasteiger partial charge in [-0.15, -0.1) is 0 Å². The number of imide groups is 1. The molecule has 3 aromatic carbocycles. The molecule has 1 aliphatic heterocycles. The van der Waals surface area contributed by atoms with Crippen LogP contribution in [0.25, 0.3) is 10.8 Å². The van der Waals surface area contributed by atoms with Gasteiger partial charge in [0.05, 0.1) is 17.5 Å². The van der Waals surface area contributed by atoms with Crippen molar-refractivity contribution in [2.75, 3.05) is 4.90 Å². The summed E-state index contributed by atoms with van der Waals surface area (Å²) in [5.74, 6) is 2.07. The first kappa shape index (κ1) is 16.8. The minimum atomic E-state index is -0.0882. The Bertz CT molecular complexity index is 1110. The average Bonchev–Trinajstić information content (AvgIpc) is 3.43. The number of benzene rings is 3. The first-order valence-corrected chi connectivity index (χ1v) is 10.3. The summed E-state index contributed by atoms with van der Waals surface area (Å²) in [6, 6.07) is 21.4. The maximum Gasteiger partial charge on any atom is 0.237 e. The molecule has 0 unspecified atom stereocenters. The second-order valence-corrected chi connectivity index (χ2v) is 8.50. The van der Waals surface area contributed by atoms with E-state index in [1.165, 1.54) is 10.3 Å². The van der Waals surface area contributed by atoms with Crippen molar-refractivity contribution in [1.82, 2.24) is 0 Å². The second kappa shape index (κ2) is 6.18. The smallest absolute Gasteiger partial charge is 0.237 e. The molecule has 4 atom stereocenters. The third kappa shape index (κ3) is 2.52. The zero-order valence-corrected chi connectivity index (χ0v) is 16.0. The van der Waals surface area contributed by atoms with Gasteiger partial charge in [-0.2, -0.15) is 0 Å². The molecule has 0 spiro atoms. The first-order valence-electron chi connectivity index (χ1n) is 10.3. The molecule has 3 aromatic rings. The molecular formula is C25H21NO3. The summed E-state index contributed by atoms with van der Waals surface area (Å²) in [5.41, 5.74) is 0.652. The van der Waals surface area contributed by atoms with E-state index in [0.717, 1.165) is 30.4 Å². The van der Waals surface area contributed by atoms with Gasteiger partial charge in [0.15, 0.2) is 0 Å². The van der Waals surface area contributed by atoms with Crippen molar-refractivity contribution < 1.29 is 14.3 Å².